The van der Waals surface area contributed by atoms with Crippen molar-refractivity contribution < 1.29 is 23.1 Å². The van der Waals surface area contributed by atoms with Crippen LogP contribution < -0.4 is 10.0 Å². The van der Waals surface area contributed by atoms with Crippen LogP contribution in [0.25, 0.3) is 21.2 Å². The Morgan fingerprint density at radius 2 is 1.71 bits per heavy atom. The molecule has 0 saturated carbocycles. The highest BCUT2D eigenvalue weighted by molar-refractivity contribution is 7.89. The summed E-state index contributed by atoms with van der Waals surface area (Å²) in [5.41, 5.74) is -1.40. The molecule has 41 heavy (non-hydrogen) atoms. The van der Waals surface area contributed by atoms with Crippen molar-refractivity contribution in [2.45, 2.75) is 89.3 Å². The third kappa shape index (κ3) is 6.97. The number of hydrogen-bond donors (Lipinski definition) is 3. The molecule has 0 atom stereocenters. The highest BCUT2D eigenvalue weighted by Gasteiger charge is 2.37. The predicted molar refractivity (Wildman–Crippen MR) is 163 cm³/mol. The lowest BCUT2D eigenvalue weighted by atomic mass is 9.90. The van der Waals surface area contributed by atoms with E-state index in [2.05, 4.69) is 15.0 Å². The number of hydrogen-bond acceptors (Lipinski definition) is 7. The highest BCUT2D eigenvalue weighted by atomic mass is 32.2. The third-order valence-electron chi connectivity index (χ3n) is 6.96. The van der Waals surface area contributed by atoms with Gasteiger partial charge in [-0.3, -0.25) is 9.59 Å². The number of sulfonamides is 1. The SMILES string of the molecule is CC(C)(O)CNC(=O)c1nc(C(=O)N2CCCCC2(C)C)c(-c2ccc(S(=O)(=O)NC(C)(C)C)c3ccccc23)s1. The average molecular weight is 601 g/mol. The first kappa shape index (κ1) is 31.1. The van der Waals surface area contributed by atoms with Crippen molar-refractivity contribution in [3.8, 4) is 10.4 Å². The summed E-state index contributed by atoms with van der Waals surface area (Å²) in [4.78, 5) is 34.2. The normalized spacial score (nSPS) is 16.1. The van der Waals surface area contributed by atoms with Gasteiger partial charge in [-0.25, -0.2) is 18.1 Å². The molecule has 222 valence electrons. The molecule has 1 fully saturated rings. The minimum atomic E-state index is -3.86. The van der Waals surface area contributed by atoms with Gasteiger partial charge in [-0.2, -0.15) is 0 Å². The summed E-state index contributed by atoms with van der Waals surface area (Å²) in [7, 11) is -3.86. The Morgan fingerprint density at radius 3 is 2.32 bits per heavy atom. The molecule has 3 N–H and O–H groups in total. The van der Waals surface area contributed by atoms with Crippen LogP contribution in [-0.2, 0) is 10.0 Å². The second kappa shape index (κ2) is 11.1. The molecule has 1 aliphatic heterocycles. The number of piperidine rings is 1. The summed E-state index contributed by atoms with van der Waals surface area (Å²) >= 11 is 1.08. The summed E-state index contributed by atoms with van der Waals surface area (Å²) in [5, 5.41) is 14.0. The Morgan fingerprint density at radius 1 is 1.05 bits per heavy atom. The van der Waals surface area contributed by atoms with Crippen LogP contribution in [0.3, 0.4) is 0 Å². The van der Waals surface area contributed by atoms with Gasteiger partial charge in [-0.15, -0.1) is 11.3 Å². The van der Waals surface area contributed by atoms with Crippen molar-refractivity contribution in [3.05, 3.63) is 47.1 Å². The molecular formula is C30H40N4O5S2. The fraction of sp³-hybridized carbons (Fsp3) is 0.500. The number of rotatable bonds is 7. The number of carbonyl (C=O) groups excluding carboxylic acids is 2. The van der Waals surface area contributed by atoms with Gasteiger partial charge in [0.25, 0.3) is 11.8 Å². The van der Waals surface area contributed by atoms with Crippen LogP contribution in [-0.4, -0.2) is 65.0 Å². The molecule has 11 heteroatoms. The maximum Gasteiger partial charge on any atom is 0.280 e. The number of amides is 2. The lowest BCUT2D eigenvalue weighted by Crippen LogP contribution is -2.50. The number of aromatic nitrogens is 1. The molecule has 3 aromatic rings. The number of carbonyl (C=O) groups is 2. The van der Waals surface area contributed by atoms with Gasteiger partial charge >= 0.3 is 0 Å². The van der Waals surface area contributed by atoms with Gasteiger partial charge < -0.3 is 15.3 Å². The van der Waals surface area contributed by atoms with Crippen LogP contribution in [0.2, 0.25) is 0 Å². The summed E-state index contributed by atoms with van der Waals surface area (Å²) in [6, 6.07) is 10.4. The monoisotopic (exact) mass is 600 g/mol. The molecule has 4 rings (SSSR count). The number of thiazole rings is 1. The number of likely N-dealkylation sites (tertiary alicyclic amines) is 1. The largest absolute Gasteiger partial charge is 0.389 e. The van der Waals surface area contributed by atoms with Crippen LogP contribution in [0, 0.1) is 0 Å². The first-order chi connectivity index (χ1) is 18.9. The smallest absolute Gasteiger partial charge is 0.280 e. The van der Waals surface area contributed by atoms with Crippen molar-refractivity contribution >= 4 is 43.9 Å². The van der Waals surface area contributed by atoms with Crippen LogP contribution in [0.15, 0.2) is 41.3 Å². The molecule has 0 unspecified atom stereocenters. The predicted octanol–water partition coefficient (Wildman–Crippen LogP) is 4.95. The van der Waals surface area contributed by atoms with Gasteiger partial charge in [0.05, 0.1) is 15.4 Å². The zero-order valence-corrected chi connectivity index (χ0v) is 26.4. The van der Waals surface area contributed by atoms with Crippen molar-refractivity contribution in [1.29, 1.82) is 0 Å². The van der Waals surface area contributed by atoms with Gasteiger partial charge in [-0.05, 0) is 79.2 Å². The summed E-state index contributed by atoms with van der Waals surface area (Å²) in [5.74, 6) is -0.758. The summed E-state index contributed by atoms with van der Waals surface area (Å²) in [6.45, 7) is 13.2. The first-order valence-electron chi connectivity index (χ1n) is 13.8. The minimum Gasteiger partial charge on any atom is -0.389 e. The van der Waals surface area contributed by atoms with Crippen LogP contribution in [0.5, 0.6) is 0 Å². The number of nitrogens with zero attached hydrogens (tertiary/aromatic N) is 2. The topological polar surface area (TPSA) is 129 Å². The molecule has 2 amide bonds. The van der Waals surface area contributed by atoms with Gasteiger partial charge in [0, 0.05) is 35.1 Å². The average Bonchev–Trinajstić information content (AvgIpc) is 3.29. The van der Waals surface area contributed by atoms with E-state index in [1.807, 2.05) is 30.9 Å². The van der Waals surface area contributed by atoms with E-state index < -0.39 is 27.1 Å². The van der Waals surface area contributed by atoms with Crippen LogP contribution >= 0.6 is 11.3 Å². The molecule has 0 bridgehead atoms. The fourth-order valence-corrected chi connectivity index (χ4v) is 7.69. The fourth-order valence-electron chi connectivity index (χ4n) is 5.05. The molecule has 1 aromatic heterocycles. The van der Waals surface area contributed by atoms with Crippen LogP contribution in [0.1, 0.15) is 88.0 Å². The Hall–Kier alpha value is -2.86. The van der Waals surface area contributed by atoms with Crippen molar-refractivity contribution in [2.75, 3.05) is 13.1 Å². The second-order valence-corrected chi connectivity index (χ2v) is 15.6. The zero-order chi connectivity index (χ0) is 30.4. The van der Waals surface area contributed by atoms with E-state index in [0.29, 0.717) is 27.8 Å². The third-order valence-corrected chi connectivity index (χ3v) is 9.86. The highest BCUT2D eigenvalue weighted by Crippen LogP contribution is 2.40. The molecule has 0 spiro atoms. The van der Waals surface area contributed by atoms with E-state index in [-0.39, 0.29) is 33.6 Å². The van der Waals surface area contributed by atoms with E-state index in [0.717, 1.165) is 30.6 Å². The van der Waals surface area contributed by atoms with E-state index in [1.54, 1.807) is 58.9 Å². The Kier molecular flexibility index (Phi) is 8.41. The molecule has 0 radical (unpaired) electrons. The number of aliphatic hydroxyl groups is 1. The standard InChI is InChI=1S/C30H40N4O5S2/c1-28(2,3)33-41(38,39)22-15-14-21(19-12-8-9-13-20(19)22)24-23(27(36)34-17-11-10-16-29(34,4)5)32-26(40-24)25(35)31-18-30(6,7)37/h8-9,12-15,33,37H,10-11,16-18H2,1-7H3,(H,31,35). The molecule has 1 aliphatic rings. The number of nitrogens with one attached hydrogen (secondary N) is 2. The Balaban J connectivity index is 1.89. The number of benzene rings is 2. The molecule has 2 aromatic carbocycles. The lowest BCUT2D eigenvalue weighted by molar-refractivity contribution is 0.0429. The van der Waals surface area contributed by atoms with Gasteiger partial charge in [0.2, 0.25) is 10.0 Å². The van der Waals surface area contributed by atoms with Gasteiger partial charge in [0.1, 0.15) is 5.69 Å². The van der Waals surface area contributed by atoms with E-state index in [9.17, 15) is 23.1 Å². The first-order valence-corrected chi connectivity index (χ1v) is 16.1. The van der Waals surface area contributed by atoms with Crippen molar-refractivity contribution in [2.24, 2.45) is 0 Å². The van der Waals surface area contributed by atoms with E-state index in [1.165, 1.54) is 0 Å². The number of fused-ring (bicyclic) bond motifs is 1. The zero-order valence-electron chi connectivity index (χ0n) is 24.8. The van der Waals surface area contributed by atoms with Crippen molar-refractivity contribution in [3.63, 3.8) is 0 Å². The van der Waals surface area contributed by atoms with Gasteiger partial charge in [0.15, 0.2) is 5.01 Å². The molecule has 0 aliphatic carbocycles. The molecule has 9 nitrogen and oxygen atoms in total. The molecule has 1 saturated heterocycles. The van der Waals surface area contributed by atoms with Gasteiger partial charge in [-0.1, -0.05) is 30.3 Å². The van der Waals surface area contributed by atoms with Crippen LogP contribution in [0.4, 0.5) is 0 Å². The maximum atomic E-state index is 14.1. The minimum absolute atomic E-state index is 0.0133. The molecule has 2 heterocycles. The maximum absolute atomic E-state index is 14.1. The Bertz CT molecular complexity index is 1580. The summed E-state index contributed by atoms with van der Waals surface area (Å²) in [6.07, 6.45) is 2.76. The quantitative estimate of drug-likeness (QED) is 0.352. The second-order valence-electron chi connectivity index (χ2n) is 12.9. The van der Waals surface area contributed by atoms with E-state index in [4.69, 9.17) is 0 Å². The molecular weight excluding hydrogens is 560 g/mol. The lowest BCUT2D eigenvalue weighted by Gasteiger charge is -2.42. The Labute approximate surface area is 246 Å². The van der Waals surface area contributed by atoms with E-state index >= 15 is 0 Å². The van der Waals surface area contributed by atoms with Crippen molar-refractivity contribution in [1.82, 2.24) is 19.9 Å². The summed E-state index contributed by atoms with van der Waals surface area (Å²) < 4.78 is 29.4.